The number of hydrogen-bond acceptors (Lipinski definition) is 3. The number of aliphatic carboxylic acids is 1. The number of carbonyl (C=O) groups is 2. The van der Waals surface area contributed by atoms with Gasteiger partial charge in [0.05, 0.1) is 12.3 Å². The number of anilines is 1. The summed E-state index contributed by atoms with van der Waals surface area (Å²) in [5, 5.41) is 21.6. The molecule has 2 amide bonds. The minimum absolute atomic E-state index is 0.148. The van der Waals surface area contributed by atoms with Crippen molar-refractivity contribution in [2.24, 2.45) is 0 Å². The van der Waals surface area contributed by atoms with E-state index in [1.165, 1.54) is 12.1 Å². The third kappa shape index (κ3) is 3.97. The van der Waals surface area contributed by atoms with Crippen LogP contribution in [-0.4, -0.2) is 34.9 Å². The number of benzene rings is 1. The third-order valence-electron chi connectivity index (χ3n) is 1.96. The fourth-order valence-corrected chi connectivity index (χ4v) is 1.44. The van der Waals surface area contributed by atoms with E-state index in [1.807, 2.05) is 5.32 Å². The first-order valence-electron chi connectivity index (χ1n) is 4.80. The van der Waals surface area contributed by atoms with E-state index in [0.29, 0.717) is 4.47 Å². The quantitative estimate of drug-likeness (QED) is 0.669. The molecule has 0 saturated heterocycles. The second kappa shape index (κ2) is 6.31. The van der Waals surface area contributed by atoms with Gasteiger partial charge in [-0.15, -0.1) is 0 Å². The number of rotatable bonds is 4. The monoisotopic (exact) mass is 320 g/mol. The number of nitrogens with one attached hydrogen (secondary N) is 2. The van der Waals surface area contributed by atoms with Crippen LogP contribution < -0.4 is 10.6 Å². The van der Waals surface area contributed by atoms with Crippen LogP contribution >= 0.6 is 15.9 Å². The number of halogens is 2. The Labute approximate surface area is 110 Å². The second-order valence-corrected chi connectivity index (χ2v) is 4.15. The van der Waals surface area contributed by atoms with Crippen molar-refractivity contribution >= 4 is 33.6 Å². The number of aliphatic hydroxyl groups excluding tert-OH is 1. The molecular weight excluding hydrogens is 311 g/mol. The lowest BCUT2D eigenvalue weighted by Gasteiger charge is -2.13. The molecule has 8 heteroatoms. The van der Waals surface area contributed by atoms with Gasteiger partial charge in [0.15, 0.2) is 6.04 Å². The summed E-state index contributed by atoms with van der Waals surface area (Å²) in [6.45, 7) is -0.743. The first-order valence-corrected chi connectivity index (χ1v) is 5.59. The average Bonchev–Trinajstić information content (AvgIpc) is 2.30. The number of hydrogen-bond donors (Lipinski definition) is 4. The Kier molecular flexibility index (Phi) is 5.05. The number of carbonyl (C=O) groups excluding carboxylic acids is 1. The Balaban J connectivity index is 2.70. The molecule has 0 aliphatic carbocycles. The molecule has 0 aliphatic heterocycles. The van der Waals surface area contributed by atoms with Gasteiger partial charge >= 0.3 is 12.0 Å². The Morgan fingerprint density at radius 3 is 2.67 bits per heavy atom. The molecule has 1 aromatic rings. The minimum Gasteiger partial charge on any atom is -0.480 e. The molecule has 18 heavy (non-hydrogen) atoms. The van der Waals surface area contributed by atoms with Crippen LogP contribution in [0.2, 0.25) is 0 Å². The van der Waals surface area contributed by atoms with Crippen molar-refractivity contribution in [1.82, 2.24) is 5.32 Å². The highest BCUT2D eigenvalue weighted by molar-refractivity contribution is 9.10. The van der Waals surface area contributed by atoms with E-state index in [9.17, 15) is 14.0 Å². The largest absolute Gasteiger partial charge is 0.480 e. The van der Waals surface area contributed by atoms with Gasteiger partial charge in [-0.3, -0.25) is 0 Å². The van der Waals surface area contributed by atoms with Gasteiger partial charge in [0.1, 0.15) is 5.82 Å². The summed E-state index contributed by atoms with van der Waals surface area (Å²) in [6.07, 6.45) is 0. The molecule has 0 aliphatic rings. The molecule has 4 N–H and O–H groups in total. The Morgan fingerprint density at radius 2 is 2.11 bits per heavy atom. The molecule has 1 unspecified atom stereocenters. The van der Waals surface area contributed by atoms with Crippen molar-refractivity contribution in [1.29, 1.82) is 0 Å². The highest BCUT2D eigenvalue weighted by Gasteiger charge is 2.19. The summed E-state index contributed by atoms with van der Waals surface area (Å²) in [5.74, 6) is -1.92. The van der Waals surface area contributed by atoms with Crippen LogP contribution in [-0.2, 0) is 4.79 Å². The number of carboxylic acid groups (broad SMARTS) is 1. The van der Waals surface area contributed by atoms with Crippen molar-refractivity contribution in [2.75, 3.05) is 11.9 Å². The van der Waals surface area contributed by atoms with Crippen molar-refractivity contribution < 1.29 is 24.2 Å². The zero-order valence-corrected chi connectivity index (χ0v) is 10.6. The predicted molar refractivity (Wildman–Crippen MR) is 64.8 cm³/mol. The van der Waals surface area contributed by atoms with Gasteiger partial charge in [-0.1, -0.05) is 0 Å². The van der Waals surface area contributed by atoms with E-state index < -0.39 is 30.5 Å². The van der Waals surface area contributed by atoms with Gasteiger partial charge in [-0.25, -0.2) is 14.0 Å². The van der Waals surface area contributed by atoms with Crippen LogP contribution in [0.25, 0.3) is 0 Å². The lowest BCUT2D eigenvalue weighted by molar-refractivity contribution is -0.140. The van der Waals surface area contributed by atoms with Crippen LogP contribution in [0.15, 0.2) is 22.7 Å². The van der Waals surface area contributed by atoms with Crippen LogP contribution in [0.1, 0.15) is 0 Å². The maximum absolute atomic E-state index is 12.9. The number of aliphatic hydroxyl groups is 1. The highest BCUT2D eigenvalue weighted by Crippen LogP contribution is 2.22. The minimum atomic E-state index is -1.42. The molecule has 1 aromatic carbocycles. The predicted octanol–water partition coefficient (Wildman–Crippen LogP) is 1.16. The summed E-state index contributed by atoms with van der Waals surface area (Å²) >= 11 is 3.10. The maximum atomic E-state index is 12.9. The molecule has 0 fully saturated rings. The van der Waals surface area contributed by atoms with Gasteiger partial charge in [-0.2, -0.15) is 0 Å². The molecule has 98 valence electrons. The lowest BCUT2D eigenvalue weighted by Crippen LogP contribution is -2.45. The zero-order valence-electron chi connectivity index (χ0n) is 8.98. The van der Waals surface area contributed by atoms with Crippen LogP contribution in [0.3, 0.4) is 0 Å². The first kappa shape index (κ1) is 14.4. The number of amides is 2. The lowest BCUT2D eigenvalue weighted by atomic mass is 10.3. The molecule has 0 bridgehead atoms. The van der Waals surface area contributed by atoms with Gasteiger partial charge in [-0.05, 0) is 34.1 Å². The van der Waals surface area contributed by atoms with E-state index in [0.717, 1.165) is 6.07 Å². The van der Waals surface area contributed by atoms with Crippen molar-refractivity contribution in [2.45, 2.75) is 6.04 Å². The topological polar surface area (TPSA) is 98.7 Å². The molecular formula is C10H10BrFN2O4. The third-order valence-corrected chi connectivity index (χ3v) is 2.65. The van der Waals surface area contributed by atoms with Crippen LogP contribution in [0.5, 0.6) is 0 Å². The fourth-order valence-electron chi connectivity index (χ4n) is 1.10. The molecule has 0 heterocycles. The summed E-state index contributed by atoms with van der Waals surface area (Å²) in [5.41, 5.74) is 0.148. The highest BCUT2D eigenvalue weighted by atomic mass is 79.9. The zero-order chi connectivity index (χ0) is 13.7. The molecule has 0 saturated carbocycles. The molecule has 0 aromatic heterocycles. The second-order valence-electron chi connectivity index (χ2n) is 3.30. The molecule has 1 atom stereocenters. The van der Waals surface area contributed by atoms with E-state index in [1.54, 1.807) is 0 Å². The van der Waals surface area contributed by atoms with Crippen molar-refractivity contribution in [3.8, 4) is 0 Å². The van der Waals surface area contributed by atoms with Crippen molar-refractivity contribution in [3.63, 3.8) is 0 Å². The smallest absolute Gasteiger partial charge is 0.328 e. The summed E-state index contributed by atoms with van der Waals surface area (Å²) in [7, 11) is 0. The van der Waals surface area contributed by atoms with Gasteiger partial charge in [0.2, 0.25) is 0 Å². The van der Waals surface area contributed by atoms with Gasteiger partial charge in [0.25, 0.3) is 0 Å². The molecule has 0 radical (unpaired) electrons. The first-order chi connectivity index (χ1) is 8.43. The Bertz CT molecular complexity index is 469. The summed E-state index contributed by atoms with van der Waals surface area (Å²) in [4.78, 5) is 22.0. The average molecular weight is 321 g/mol. The summed E-state index contributed by atoms with van der Waals surface area (Å²) < 4.78 is 13.4. The molecule has 0 spiro atoms. The molecule has 1 rings (SSSR count). The van der Waals surface area contributed by atoms with E-state index in [4.69, 9.17) is 10.2 Å². The number of urea groups is 1. The Hall–Kier alpha value is -1.67. The van der Waals surface area contributed by atoms with Crippen molar-refractivity contribution in [3.05, 3.63) is 28.5 Å². The fraction of sp³-hybridized carbons (Fsp3) is 0.200. The van der Waals surface area contributed by atoms with Crippen LogP contribution in [0, 0.1) is 5.82 Å². The standard InChI is InChI=1S/C10H10BrFN2O4/c11-6-2-1-5(12)3-7(6)13-10(18)14-8(4-15)9(16)17/h1-3,8,15H,4H2,(H,16,17)(H2,13,14,18). The van der Waals surface area contributed by atoms with Crippen LogP contribution in [0.4, 0.5) is 14.9 Å². The van der Waals surface area contributed by atoms with E-state index in [2.05, 4.69) is 21.2 Å². The number of carboxylic acids is 1. The summed E-state index contributed by atoms with van der Waals surface area (Å²) in [6, 6.07) is 1.38. The van der Waals surface area contributed by atoms with E-state index in [-0.39, 0.29) is 5.69 Å². The molecule has 6 nitrogen and oxygen atoms in total. The van der Waals surface area contributed by atoms with Gasteiger partial charge in [0, 0.05) is 4.47 Å². The Morgan fingerprint density at radius 1 is 1.44 bits per heavy atom. The SMILES string of the molecule is O=C(Nc1cc(F)ccc1Br)NC(CO)C(=O)O. The van der Waals surface area contributed by atoms with E-state index >= 15 is 0 Å². The maximum Gasteiger partial charge on any atom is 0.328 e. The van der Waals surface area contributed by atoms with Gasteiger partial charge < -0.3 is 20.8 Å². The normalized spacial score (nSPS) is 11.7.